The number of aromatic hydroxyl groups is 1. The van der Waals surface area contributed by atoms with Gasteiger partial charge in [0.1, 0.15) is 0 Å². The summed E-state index contributed by atoms with van der Waals surface area (Å²) in [7, 11) is 1.52. The SMILES string of the molecule is COc1cc(C2C3CCCCC3(O)CCN2C(=O)c2ccccc2)ccc1O. The lowest BCUT2D eigenvalue weighted by Gasteiger charge is -2.52. The lowest BCUT2D eigenvalue weighted by Crippen LogP contribution is -2.56. The number of phenolic OH excluding ortho intramolecular Hbond substituents is 1. The number of piperidine rings is 1. The molecular weight excluding hydrogens is 354 g/mol. The second-order valence-electron chi connectivity index (χ2n) is 7.95. The van der Waals surface area contributed by atoms with Crippen LogP contribution in [0.1, 0.15) is 54.1 Å². The molecule has 2 aromatic carbocycles. The van der Waals surface area contributed by atoms with Gasteiger partial charge in [-0.05, 0) is 49.1 Å². The molecule has 2 aromatic rings. The van der Waals surface area contributed by atoms with Gasteiger partial charge >= 0.3 is 0 Å². The number of benzene rings is 2. The monoisotopic (exact) mass is 381 g/mol. The molecule has 1 heterocycles. The van der Waals surface area contributed by atoms with Crippen LogP contribution < -0.4 is 4.74 Å². The summed E-state index contributed by atoms with van der Waals surface area (Å²) in [6, 6.07) is 14.3. The van der Waals surface area contributed by atoms with E-state index in [1.165, 1.54) is 7.11 Å². The third-order valence-electron chi connectivity index (χ3n) is 6.39. The van der Waals surface area contributed by atoms with Gasteiger partial charge in [0.15, 0.2) is 11.5 Å². The standard InChI is InChI=1S/C23H27NO4/c1-28-20-15-17(10-11-19(20)25)21-18-9-5-6-12-23(18,27)13-14-24(21)22(26)16-7-3-2-4-8-16/h2-4,7-8,10-11,15,18,21,25,27H,5-6,9,12-14H2,1H3. The van der Waals surface area contributed by atoms with E-state index in [0.717, 1.165) is 31.2 Å². The highest BCUT2D eigenvalue weighted by Gasteiger charge is 2.50. The van der Waals surface area contributed by atoms with E-state index in [9.17, 15) is 15.0 Å². The predicted octanol–water partition coefficient (Wildman–Crippen LogP) is 3.91. The predicted molar refractivity (Wildman–Crippen MR) is 106 cm³/mol. The Kier molecular flexibility index (Phi) is 5.02. The molecule has 0 radical (unpaired) electrons. The summed E-state index contributed by atoms with van der Waals surface area (Å²) in [5.74, 6) is 0.401. The molecule has 0 spiro atoms. The first-order chi connectivity index (χ1) is 13.5. The number of fused-ring (bicyclic) bond motifs is 1. The maximum absolute atomic E-state index is 13.3. The van der Waals surface area contributed by atoms with Crippen LogP contribution in [0.15, 0.2) is 48.5 Å². The number of ether oxygens (including phenoxy) is 1. The zero-order chi connectivity index (χ0) is 19.7. The van der Waals surface area contributed by atoms with Crippen LogP contribution in [0.25, 0.3) is 0 Å². The fourth-order valence-corrected chi connectivity index (χ4v) is 4.95. The number of amides is 1. The third-order valence-corrected chi connectivity index (χ3v) is 6.39. The van der Waals surface area contributed by atoms with Crippen LogP contribution in [-0.2, 0) is 0 Å². The summed E-state index contributed by atoms with van der Waals surface area (Å²) in [6.07, 6.45) is 4.32. The number of methoxy groups -OCH3 is 1. The molecule has 1 aliphatic carbocycles. The lowest BCUT2D eigenvalue weighted by molar-refractivity contribution is -0.115. The van der Waals surface area contributed by atoms with Crippen molar-refractivity contribution >= 4 is 5.91 Å². The van der Waals surface area contributed by atoms with E-state index in [1.807, 2.05) is 41.3 Å². The maximum atomic E-state index is 13.3. The van der Waals surface area contributed by atoms with Crippen LogP contribution in [0.5, 0.6) is 11.5 Å². The largest absolute Gasteiger partial charge is 0.504 e. The molecule has 3 atom stereocenters. The summed E-state index contributed by atoms with van der Waals surface area (Å²) in [6.45, 7) is 0.509. The molecule has 2 N–H and O–H groups in total. The molecule has 0 aromatic heterocycles. The molecule has 148 valence electrons. The Morgan fingerprint density at radius 1 is 1.14 bits per heavy atom. The average Bonchev–Trinajstić information content (AvgIpc) is 2.73. The number of carbonyl (C=O) groups is 1. The topological polar surface area (TPSA) is 70.0 Å². The fourth-order valence-electron chi connectivity index (χ4n) is 4.95. The number of aliphatic hydroxyl groups is 1. The van der Waals surface area contributed by atoms with Gasteiger partial charge in [-0.1, -0.05) is 37.1 Å². The first-order valence-corrected chi connectivity index (χ1v) is 9.99. The number of nitrogens with zero attached hydrogens (tertiary/aromatic N) is 1. The summed E-state index contributed by atoms with van der Waals surface area (Å²) in [5, 5.41) is 21.4. The normalized spacial score (nSPS) is 27.1. The third kappa shape index (κ3) is 3.24. The van der Waals surface area contributed by atoms with Gasteiger partial charge in [-0.15, -0.1) is 0 Å². The zero-order valence-corrected chi connectivity index (χ0v) is 16.2. The van der Waals surface area contributed by atoms with E-state index >= 15 is 0 Å². The Bertz CT molecular complexity index is 853. The zero-order valence-electron chi connectivity index (χ0n) is 16.2. The van der Waals surface area contributed by atoms with E-state index in [4.69, 9.17) is 4.74 Å². The Balaban J connectivity index is 1.78. The first-order valence-electron chi connectivity index (χ1n) is 9.99. The average molecular weight is 381 g/mol. The Morgan fingerprint density at radius 2 is 1.93 bits per heavy atom. The molecule has 1 saturated carbocycles. The molecule has 5 heteroatoms. The van der Waals surface area contributed by atoms with E-state index in [2.05, 4.69) is 0 Å². The van der Waals surface area contributed by atoms with Crippen LogP contribution >= 0.6 is 0 Å². The molecule has 1 aliphatic heterocycles. The number of phenols is 1. The van der Waals surface area contributed by atoms with Crippen molar-refractivity contribution in [1.29, 1.82) is 0 Å². The minimum atomic E-state index is -0.749. The molecular formula is C23H27NO4. The molecule has 1 saturated heterocycles. The smallest absolute Gasteiger partial charge is 0.254 e. The van der Waals surface area contributed by atoms with Gasteiger partial charge in [-0.2, -0.15) is 0 Å². The van der Waals surface area contributed by atoms with Gasteiger partial charge in [-0.25, -0.2) is 0 Å². The van der Waals surface area contributed by atoms with Crippen molar-refractivity contribution in [1.82, 2.24) is 4.90 Å². The number of carbonyl (C=O) groups excluding carboxylic acids is 1. The highest BCUT2D eigenvalue weighted by atomic mass is 16.5. The van der Waals surface area contributed by atoms with Crippen LogP contribution in [-0.4, -0.2) is 40.3 Å². The minimum Gasteiger partial charge on any atom is -0.504 e. The van der Waals surface area contributed by atoms with Crippen LogP contribution in [0.4, 0.5) is 0 Å². The van der Waals surface area contributed by atoms with Gasteiger partial charge in [0.2, 0.25) is 0 Å². The van der Waals surface area contributed by atoms with Crippen molar-refractivity contribution in [2.75, 3.05) is 13.7 Å². The van der Waals surface area contributed by atoms with Crippen LogP contribution in [0.3, 0.4) is 0 Å². The van der Waals surface area contributed by atoms with E-state index < -0.39 is 5.60 Å². The van der Waals surface area contributed by atoms with Gasteiger partial charge < -0.3 is 19.8 Å². The van der Waals surface area contributed by atoms with Crippen molar-refractivity contribution in [3.8, 4) is 11.5 Å². The molecule has 3 unspecified atom stereocenters. The summed E-state index contributed by atoms with van der Waals surface area (Å²) < 4.78 is 5.30. The van der Waals surface area contributed by atoms with Crippen molar-refractivity contribution in [3.05, 3.63) is 59.7 Å². The summed E-state index contributed by atoms with van der Waals surface area (Å²) >= 11 is 0. The molecule has 5 nitrogen and oxygen atoms in total. The summed E-state index contributed by atoms with van der Waals surface area (Å²) in [5.41, 5.74) is 0.796. The van der Waals surface area contributed by atoms with E-state index in [0.29, 0.717) is 24.3 Å². The summed E-state index contributed by atoms with van der Waals surface area (Å²) in [4.78, 5) is 15.2. The lowest BCUT2D eigenvalue weighted by atomic mass is 9.66. The second kappa shape index (κ2) is 7.47. The van der Waals surface area contributed by atoms with Gasteiger partial charge in [0.25, 0.3) is 5.91 Å². The van der Waals surface area contributed by atoms with Crippen molar-refractivity contribution in [3.63, 3.8) is 0 Å². The quantitative estimate of drug-likeness (QED) is 0.846. The molecule has 2 fully saturated rings. The second-order valence-corrected chi connectivity index (χ2v) is 7.95. The number of hydrogen-bond donors (Lipinski definition) is 2. The molecule has 28 heavy (non-hydrogen) atoms. The van der Waals surface area contributed by atoms with E-state index in [1.54, 1.807) is 12.1 Å². The van der Waals surface area contributed by atoms with Crippen molar-refractivity contribution in [2.24, 2.45) is 5.92 Å². The minimum absolute atomic E-state index is 0.0229. The number of rotatable bonds is 3. The highest BCUT2D eigenvalue weighted by molar-refractivity contribution is 5.94. The Morgan fingerprint density at radius 3 is 2.68 bits per heavy atom. The molecule has 0 bridgehead atoms. The van der Waals surface area contributed by atoms with Gasteiger partial charge in [-0.3, -0.25) is 4.79 Å². The molecule has 2 aliphatic rings. The number of hydrogen-bond acceptors (Lipinski definition) is 4. The number of likely N-dealkylation sites (tertiary alicyclic amines) is 1. The maximum Gasteiger partial charge on any atom is 0.254 e. The Hall–Kier alpha value is -2.53. The van der Waals surface area contributed by atoms with Gasteiger partial charge in [0.05, 0.1) is 18.8 Å². The van der Waals surface area contributed by atoms with Gasteiger partial charge in [0, 0.05) is 18.0 Å². The fraction of sp³-hybridized carbons (Fsp3) is 0.435. The Labute approximate surface area is 165 Å². The van der Waals surface area contributed by atoms with Crippen molar-refractivity contribution < 1.29 is 19.7 Å². The van der Waals surface area contributed by atoms with Crippen molar-refractivity contribution in [2.45, 2.75) is 43.7 Å². The van der Waals surface area contributed by atoms with Crippen LogP contribution in [0, 0.1) is 5.92 Å². The highest BCUT2D eigenvalue weighted by Crippen LogP contribution is 2.50. The molecule has 4 rings (SSSR count). The van der Waals surface area contributed by atoms with E-state index in [-0.39, 0.29) is 23.6 Å². The van der Waals surface area contributed by atoms with Crippen LogP contribution in [0.2, 0.25) is 0 Å². The molecule has 1 amide bonds. The first kappa shape index (κ1) is 18.8.